The van der Waals surface area contributed by atoms with Gasteiger partial charge in [-0.3, -0.25) is 24.2 Å². The van der Waals surface area contributed by atoms with E-state index in [2.05, 4.69) is 195 Å². The third kappa shape index (κ3) is 28.9. The second kappa shape index (κ2) is 56.2. The van der Waals surface area contributed by atoms with Crippen LogP contribution < -0.4 is 14.2 Å². The van der Waals surface area contributed by atoms with Gasteiger partial charge in [-0.05, 0) is 191 Å². The number of hydrogen-bond acceptors (Lipinski definition) is 21. The van der Waals surface area contributed by atoms with E-state index < -0.39 is 0 Å². The van der Waals surface area contributed by atoms with E-state index in [-0.39, 0.29) is 163 Å². The molecule has 29 heteroatoms. The third-order valence-electron chi connectivity index (χ3n) is 22.4. The molecule has 9 aromatic heterocycles. The Labute approximate surface area is 913 Å². The van der Waals surface area contributed by atoms with Crippen LogP contribution in [0, 0.1) is 24.3 Å². The Morgan fingerprint density at radius 2 is 0.547 bits per heavy atom. The molecular weight excluding hydrogens is 2590 g/mol. The van der Waals surface area contributed by atoms with Crippen LogP contribution in [-0.2, 0) is 136 Å². The van der Waals surface area contributed by atoms with Crippen molar-refractivity contribution < 1.29 is 164 Å². The molecule has 0 atom stereocenters. The van der Waals surface area contributed by atoms with Crippen LogP contribution in [0.5, 0.6) is 17.2 Å². The molecule has 9 heterocycles. The quantitative estimate of drug-likeness (QED) is 0.0194. The number of nitrogens with zero attached hydrogens (tertiary/aromatic N) is 9. The number of aromatic nitrogens is 9. The normalized spacial score (nSPS) is 11.0. The summed E-state index contributed by atoms with van der Waals surface area (Å²) in [7, 11) is 4.90. The van der Waals surface area contributed by atoms with E-state index in [4.69, 9.17) is 34.6 Å². The summed E-state index contributed by atoms with van der Waals surface area (Å²) >= 11 is 0. The molecular formula is C119H107N9O16Pt4-4. The first-order valence-corrected chi connectivity index (χ1v) is 45.7. The van der Waals surface area contributed by atoms with E-state index in [9.17, 15) is 44.7 Å². The van der Waals surface area contributed by atoms with Crippen LogP contribution in [0.25, 0.3) is 155 Å². The molecule has 20 aromatic rings. The molecule has 25 nitrogen and oxygen atoms in total. The SMILES string of the molecule is CC(=O)C=C(C)O.CC(=O)C=C(C)O.CC(=O)C=C(C)O.CC(=O)C=C(C)O.COc1c[c-]c(-c2cc(-n3c4ccccc4c4ccccc43)ccn2)c(CO)c1.COc1c[c-]c(-c2cc(CO)ccn2)c(-n2c3ccccc3c3ccccc32)c1.COc1c[c-]c(-c2cc(CO)ccn2)c(-n2c3ccccc3c3ncccc32)c1.OCc1ccnc(-c2[c-]cc(-n3c4ccccc4c4ccccc43)cc2CO)c1.[Pt].[Pt].[Pt].[Pt]. The van der Waals surface area contributed by atoms with E-state index in [1.54, 1.807) is 70.4 Å². The van der Waals surface area contributed by atoms with Crippen LogP contribution in [0.1, 0.15) is 83.2 Å². The average molecular weight is 2700 g/mol. The first-order valence-electron chi connectivity index (χ1n) is 45.7. The molecule has 0 radical (unpaired) electrons. The Morgan fingerprint density at radius 3 is 0.872 bits per heavy atom. The number of ether oxygens (including phenoxy) is 3. The van der Waals surface area contributed by atoms with Crippen LogP contribution >= 0.6 is 0 Å². The number of rotatable bonds is 20. The van der Waals surface area contributed by atoms with Crippen molar-refractivity contribution in [2.24, 2.45) is 0 Å². The summed E-state index contributed by atoms with van der Waals surface area (Å²) in [4.78, 5) is 62.7. The first-order chi connectivity index (χ1) is 69.7. The van der Waals surface area contributed by atoms with Crippen molar-refractivity contribution in [3.63, 3.8) is 0 Å². The number of carbonyl (C=O) groups excluding carboxylic acids is 4. The van der Waals surface area contributed by atoms with Gasteiger partial charge in [0.1, 0.15) is 0 Å². The standard InChI is InChI=1S/3C25H19N2O2.C24H18N3O2.4C5H8O2.4Pt/c1-29-19-10-11-20(17(14-19)16-28)23-15-18(12-13-26-23)27-24-8-4-2-6-21(24)22-7-3-5-9-25(22)27;1-29-18-10-11-21(22-14-17(16-28)12-13-26-22)25(15-18)27-23-8-4-2-6-19(23)20-7-3-5-9-24(20)27;28-15-17-11-12-26-23(13-17)20-10-9-19(14-18(20)16-29)27-24-7-3-1-5-21(24)22-6-2-4-8-25(22)27;1-29-17-8-9-18(20-13-16(15-28)10-12-25-20)23(14-17)27-21-6-3-2-5-19(21)24-22(27)7-4-11-26-24;4*1-4(6)3-5(2)7;;;;/h2*2-10,12-15,28H,16H2,1H3;1-9,11-14,28-29H,15-16H2;2-8,10-14,28H,15H2,1H3;4*3,6H,1-2H3;;;;/q4*-1;;;;;;;;. The van der Waals surface area contributed by atoms with Gasteiger partial charge in [0.25, 0.3) is 0 Å². The Hall–Kier alpha value is -14.8. The van der Waals surface area contributed by atoms with Crippen LogP contribution in [0.4, 0.5) is 0 Å². The maximum atomic E-state index is 10.0. The number of methoxy groups -OCH3 is 3. The summed E-state index contributed by atoms with van der Waals surface area (Å²) in [5.41, 5.74) is 23.5. The zero-order valence-corrected chi connectivity index (χ0v) is 91.6. The smallest absolute Gasteiger partial charge is 0.155 e. The number of fused-ring (bicyclic) bond motifs is 12. The van der Waals surface area contributed by atoms with Gasteiger partial charge in [0.15, 0.2) is 23.1 Å². The molecule has 0 unspecified atom stereocenters. The van der Waals surface area contributed by atoms with Gasteiger partial charge in [-0.15, -0.1) is 82.4 Å². The number of ketones is 4. The van der Waals surface area contributed by atoms with E-state index >= 15 is 0 Å². The van der Waals surface area contributed by atoms with Crippen LogP contribution in [0.3, 0.4) is 0 Å². The second-order valence-corrected chi connectivity index (χ2v) is 33.1. The Morgan fingerprint density at radius 1 is 0.277 bits per heavy atom. The number of aliphatic hydroxyl groups is 9. The van der Waals surface area contributed by atoms with Crippen LogP contribution in [0.2, 0.25) is 0 Å². The van der Waals surface area contributed by atoms with Gasteiger partial charge in [-0.2, -0.15) is 0 Å². The number of benzene rings is 11. The topological polar surface area (TPSA) is 362 Å². The number of para-hydroxylation sites is 7. The molecule has 11 aromatic carbocycles. The molecule has 0 aliphatic carbocycles. The number of hydrogen-bond donors (Lipinski definition) is 9. The van der Waals surface area contributed by atoms with Crippen molar-refractivity contribution in [2.45, 2.75) is 88.4 Å². The zero-order chi connectivity index (χ0) is 103. The zero-order valence-electron chi connectivity index (χ0n) is 82.5. The van der Waals surface area contributed by atoms with Crippen molar-refractivity contribution in [3.8, 4) is 85.0 Å². The van der Waals surface area contributed by atoms with Gasteiger partial charge in [0.2, 0.25) is 0 Å². The van der Waals surface area contributed by atoms with Gasteiger partial charge < -0.3 is 98.4 Å². The molecule has 0 spiro atoms. The fraction of sp³-hybridized carbons (Fsp3) is 0.134. The maximum absolute atomic E-state index is 10.0. The number of pyridine rings is 5. The van der Waals surface area contributed by atoms with E-state index in [1.807, 2.05) is 134 Å². The molecule has 0 aliphatic rings. The van der Waals surface area contributed by atoms with Gasteiger partial charge in [-0.1, -0.05) is 175 Å². The monoisotopic (exact) mass is 2700 g/mol. The maximum Gasteiger partial charge on any atom is 0.155 e. The van der Waals surface area contributed by atoms with Gasteiger partial charge in [0, 0.05) is 241 Å². The summed E-state index contributed by atoms with van der Waals surface area (Å²) in [6.07, 6.45) is 13.4. The number of allylic oxidation sites excluding steroid dienone is 8. The van der Waals surface area contributed by atoms with E-state index in [0.717, 1.165) is 151 Å². The second-order valence-electron chi connectivity index (χ2n) is 33.1. The molecule has 0 saturated carbocycles. The van der Waals surface area contributed by atoms with Crippen molar-refractivity contribution in [1.82, 2.24) is 43.2 Å². The van der Waals surface area contributed by atoms with E-state index in [0.29, 0.717) is 17.2 Å². The summed E-state index contributed by atoms with van der Waals surface area (Å²) < 4.78 is 25.1. The Kier molecular flexibility index (Phi) is 44.3. The molecule has 0 fully saturated rings. The predicted octanol–water partition coefficient (Wildman–Crippen LogP) is 23.6. The minimum Gasteiger partial charge on any atom is -0.540 e. The van der Waals surface area contributed by atoms with Crippen LogP contribution in [-0.4, -0.2) is 134 Å². The third-order valence-corrected chi connectivity index (χ3v) is 22.4. The summed E-state index contributed by atoms with van der Waals surface area (Å²) in [6, 6.07) is 106. The van der Waals surface area contributed by atoms with Crippen molar-refractivity contribution >= 4 is 110 Å². The summed E-state index contributed by atoms with van der Waals surface area (Å²) in [5, 5.41) is 90.1. The van der Waals surface area contributed by atoms with Gasteiger partial charge in [-0.25, -0.2) is 0 Å². The first kappa shape index (κ1) is 117. The Bertz CT molecular complexity index is 7640. The largest absolute Gasteiger partial charge is 0.540 e. The number of carbonyl (C=O) groups is 4. The molecule has 0 bridgehead atoms. The minimum atomic E-state index is -0.125. The fourth-order valence-electron chi connectivity index (χ4n) is 16.6. The van der Waals surface area contributed by atoms with E-state index in [1.165, 1.54) is 112 Å². The van der Waals surface area contributed by atoms with Crippen molar-refractivity contribution in [2.75, 3.05) is 21.3 Å². The molecule has 148 heavy (non-hydrogen) atoms. The van der Waals surface area contributed by atoms with Gasteiger partial charge >= 0.3 is 0 Å². The minimum absolute atomic E-state index is 0. The molecule has 0 aliphatic heterocycles. The van der Waals surface area contributed by atoms with Crippen molar-refractivity contribution in [1.29, 1.82) is 0 Å². The molecule has 0 amide bonds. The van der Waals surface area contributed by atoms with Crippen molar-refractivity contribution in [3.05, 3.63) is 409 Å². The fourth-order valence-corrected chi connectivity index (χ4v) is 16.6. The Balaban J connectivity index is 0.000000200. The molecule has 9 N–H and O–H groups in total. The summed E-state index contributed by atoms with van der Waals surface area (Å²) in [5.74, 6) is 1.84. The average Bonchev–Trinajstić information content (AvgIpc) is 1.59. The summed E-state index contributed by atoms with van der Waals surface area (Å²) in [6.45, 7) is 11.0. The van der Waals surface area contributed by atoms with Gasteiger partial charge in [0.05, 0.1) is 86.3 Å². The van der Waals surface area contributed by atoms with Crippen LogP contribution in [0.15, 0.2) is 357 Å². The molecule has 0 saturated heterocycles. The predicted molar refractivity (Wildman–Crippen MR) is 567 cm³/mol. The molecule has 20 rings (SSSR count). The number of aliphatic hydroxyl groups excluding tert-OH is 9. The molecule has 768 valence electrons.